The first-order chi connectivity index (χ1) is 10.9. The van der Waals surface area contributed by atoms with E-state index in [2.05, 4.69) is 50.2 Å². The molecule has 0 fully saturated rings. The molecule has 0 saturated heterocycles. The number of ether oxygens (including phenoxy) is 2. The van der Waals surface area contributed by atoms with Gasteiger partial charge in [0.05, 0.1) is 13.2 Å². The van der Waals surface area contributed by atoms with Crippen LogP contribution in [0.5, 0.6) is 5.75 Å². The minimum atomic E-state index is 0.790. The summed E-state index contributed by atoms with van der Waals surface area (Å²) in [6.07, 6.45) is 3.33. The summed E-state index contributed by atoms with van der Waals surface area (Å²) in [5.74, 6) is 1.98. The highest BCUT2D eigenvalue weighted by atomic mass is 32.2. The van der Waals surface area contributed by atoms with E-state index in [9.17, 15) is 0 Å². The lowest BCUT2D eigenvalue weighted by molar-refractivity contribution is 0.151. The van der Waals surface area contributed by atoms with Crippen molar-refractivity contribution in [2.75, 3.05) is 25.6 Å². The van der Waals surface area contributed by atoms with Crippen molar-refractivity contribution in [1.82, 2.24) is 0 Å². The molecule has 0 bridgehead atoms. The van der Waals surface area contributed by atoms with Gasteiger partial charge in [-0.25, -0.2) is 0 Å². The van der Waals surface area contributed by atoms with Crippen molar-refractivity contribution in [2.45, 2.75) is 38.0 Å². The highest BCUT2D eigenvalue weighted by Crippen LogP contribution is 2.34. The second kappa shape index (κ2) is 9.75. The van der Waals surface area contributed by atoms with Gasteiger partial charge in [-0.05, 0) is 30.4 Å². The molecule has 2 aromatic rings. The first-order valence-corrected chi connectivity index (χ1v) is 9.20. The van der Waals surface area contributed by atoms with Crippen molar-refractivity contribution in [3.05, 3.63) is 36.4 Å². The van der Waals surface area contributed by atoms with Gasteiger partial charge < -0.3 is 9.47 Å². The van der Waals surface area contributed by atoms with E-state index in [4.69, 9.17) is 9.47 Å². The summed E-state index contributed by atoms with van der Waals surface area (Å²) in [5, 5.41) is 2.48. The Morgan fingerprint density at radius 1 is 0.864 bits per heavy atom. The molecule has 0 aliphatic carbocycles. The molecular weight excluding hydrogens is 292 g/mol. The van der Waals surface area contributed by atoms with Gasteiger partial charge in [-0.15, -0.1) is 11.8 Å². The molecule has 0 saturated carbocycles. The van der Waals surface area contributed by atoms with Crippen molar-refractivity contribution in [3.63, 3.8) is 0 Å². The molecule has 0 spiro atoms. The van der Waals surface area contributed by atoms with Crippen LogP contribution in [0.25, 0.3) is 10.8 Å². The lowest BCUT2D eigenvalue weighted by Crippen LogP contribution is -1.99. The van der Waals surface area contributed by atoms with Gasteiger partial charge in [0.1, 0.15) is 5.75 Å². The number of hydrogen-bond acceptors (Lipinski definition) is 3. The van der Waals surface area contributed by atoms with E-state index in [1.807, 2.05) is 11.8 Å². The van der Waals surface area contributed by atoms with E-state index in [1.54, 1.807) is 0 Å². The van der Waals surface area contributed by atoms with Crippen LogP contribution in [0.1, 0.15) is 33.1 Å². The summed E-state index contributed by atoms with van der Waals surface area (Å²) in [4.78, 5) is 1.30. The van der Waals surface area contributed by atoms with Crippen molar-refractivity contribution in [2.24, 2.45) is 0 Å². The molecule has 0 heterocycles. The monoisotopic (exact) mass is 318 g/mol. The van der Waals surface area contributed by atoms with E-state index in [0.29, 0.717) is 0 Å². The van der Waals surface area contributed by atoms with Crippen LogP contribution in [-0.2, 0) is 4.74 Å². The van der Waals surface area contributed by atoms with Crippen LogP contribution in [-0.4, -0.2) is 25.6 Å². The van der Waals surface area contributed by atoms with E-state index in [-0.39, 0.29) is 0 Å². The predicted octanol–water partition coefficient (Wildman–Crippen LogP) is 5.54. The Hall–Kier alpha value is -1.19. The second-order valence-electron chi connectivity index (χ2n) is 5.27. The van der Waals surface area contributed by atoms with Gasteiger partial charge in [-0.3, -0.25) is 0 Å². The minimum Gasteiger partial charge on any atom is -0.493 e. The Bertz CT molecular complexity index is 568. The molecule has 0 radical (unpaired) electrons. The fraction of sp³-hybridized carbons (Fsp3) is 0.474. The molecule has 120 valence electrons. The first-order valence-electron chi connectivity index (χ1n) is 8.22. The zero-order valence-electron chi connectivity index (χ0n) is 13.6. The maximum Gasteiger partial charge on any atom is 0.127 e. The number of unbranched alkanes of at least 4 members (excludes halogenated alkanes) is 1. The maximum atomic E-state index is 5.94. The van der Waals surface area contributed by atoms with Crippen LogP contribution in [0.2, 0.25) is 0 Å². The fourth-order valence-corrected chi connectivity index (χ4v) is 3.20. The van der Waals surface area contributed by atoms with Crippen molar-refractivity contribution < 1.29 is 9.47 Å². The fourth-order valence-electron chi connectivity index (χ4n) is 2.28. The number of thioether (sulfide) groups is 1. The number of benzene rings is 2. The summed E-state index contributed by atoms with van der Waals surface area (Å²) in [6.45, 7) is 6.77. The number of fused-ring (bicyclic) bond motifs is 1. The zero-order valence-corrected chi connectivity index (χ0v) is 14.5. The smallest absolute Gasteiger partial charge is 0.127 e. The average Bonchev–Trinajstić information content (AvgIpc) is 2.56. The molecule has 0 amide bonds. The molecule has 2 nitrogen and oxygen atoms in total. The zero-order chi connectivity index (χ0) is 15.6. The first kappa shape index (κ1) is 17.2. The standard InChI is InChI=1S/C19H26O2S/c1-3-5-13-21-18-10-11-19(22-15-14-20-12-4-2)17-9-7-6-8-16(17)18/h6-11H,3-5,12-15H2,1-2H3. The van der Waals surface area contributed by atoms with Crippen LogP contribution in [0, 0.1) is 0 Å². The van der Waals surface area contributed by atoms with Gasteiger partial charge in [0.25, 0.3) is 0 Å². The highest BCUT2D eigenvalue weighted by molar-refractivity contribution is 7.99. The number of hydrogen-bond donors (Lipinski definition) is 0. The third-order valence-electron chi connectivity index (χ3n) is 3.43. The number of rotatable bonds is 10. The largest absolute Gasteiger partial charge is 0.493 e. The van der Waals surface area contributed by atoms with Crippen LogP contribution in [0.4, 0.5) is 0 Å². The quantitative estimate of drug-likeness (QED) is 0.423. The molecule has 0 N–H and O–H groups in total. The van der Waals surface area contributed by atoms with Crippen LogP contribution in [0.15, 0.2) is 41.3 Å². The molecule has 0 atom stereocenters. The lowest BCUT2D eigenvalue weighted by atomic mass is 10.1. The molecule has 0 unspecified atom stereocenters. The van der Waals surface area contributed by atoms with Crippen LogP contribution >= 0.6 is 11.8 Å². The van der Waals surface area contributed by atoms with Gasteiger partial charge in [-0.2, -0.15) is 0 Å². The molecule has 3 heteroatoms. The second-order valence-corrected chi connectivity index (χ2v) is 6.41. The summed E-state index contributed by atoms with van der Waals surface area (Å²) >= 11 is 1.86. The Kier molecular flexibility index (Phi) is 7.61. The van der Waals surface area contributed by atoms with Gasteiger partial charge in [0.15, 0.2) is 0 Å². The Morgan fingerprint density at radius 2 is 1.68 bits per heavy atom. The Balaban J connectivity index is 2.07. The molecule has 0 aromatic heterocycles. The van der Waals surface area contributed by atoms with Crippen LogP contribution in [0.3, 0.4) is 0 Å². The van der Waals surface area contributed by atoms with E-state index in [1.165, 1.54) is 15.7 Å². The third-order valence-corrected chi connectivity index (χ3v) is 4.47. The summed E-state index contributed by atoms with van der Waals surface area (Å²) in [6, 6.07) is 12.8. The molecule has 0 aliphatic rings. The molecule has 0 aliphatic heterocycles. The third kappa shape index (κ3) is 4.92. The molecule has 22 heavy (non-hydrogen) atoms. The molecule has 2 rings (SSSR count). The summed E-state index contributed by atoms with van der Waals surface area (Å²) in [7, 11) is 0. The molecular formula is C19H26O2S. The van der Waals surface area contributed by atoms with E-state index in [0.717, 1.165) is 50.6 Å². The van der Waals surface area contributed by atoms with Crippen molar-refractivity contribution in [3.8, 4) is 5.75 Å². The van der Waals surface area contributed by atoms with Crippen molar-refractivity contribution >= 4 is 22.5 Å². The summed E-state index contributed by atoms with van der Waals surface area (Å²) < 4.78 is 11.5. The van der Waals surface area contributed by atoms with Gasteiger partial charge in [0, 0.05) is 22.6 Å². The Morgan fingerprint density at radius 3 is 2.45 bits per heavy atom. The van der Waals surface area contributed by atoms with E-state index < -0.39 is 0 Å². The Labute approximate surface area is 138 Å². The van der Waals surface area contributed by atoms with E-state index >= 15 is 0 Å². The van der Waals surface area contributed by atoms with Crippen molar-refractivity contribution in [1.29, 1.82) is 0 Å². The molecule has 2 aromatic carbocycles. The van der Waals surface area contributed by atoms with Gasteiger partial charge in [-0.1, -0.05) is 44.5 Å². The minimum absolute atomic E-state index is 0.790. The summed E-state index contributed by atoms with van der Waals surface area (Å²) in [5.41, 5.74) is 0. The SMILES string of the molecule is CCCCOc1ccc(SCCOCCC)c2ccccc12. The lowest BCUT2D eigenvalue weighted by Gasteiger charge is -2.12. The topological polar surface area (TPSA) is 18.5 Å². The van der Waals surface area contributed by atoms with Gasteiger partial charge in [0.2, 0.25) is 0 Å². The van der Waals surface area contributed by atoms with Crippen LogP contribution < -0.4 is 4.74 Å². The normalized spacial score (nSPS) is 11.0. The average molecular weight is 318 g/mol. The maximum absolute atomic E-state index is 5.94. The highest BCUT2D eigenvalue weighted by Gasteiger charge is 2.07. The predicted molar refractivity (Wildman–Crippen MR) is 96.2 cm³/mol. The van der Waals surface area contributed by atoms with Gasteiger partial charge >= 0.3 is 0 Å².